The number of hydrogen-bond acceptors (Lipinski definition) is 2. The van der Waals surface area contributed by atoms with Crippen LogP contribution in [0.15, 0.2) is 24.3 Å². The van der Waals surface area contributed by atoms with E-state index in [1.165, 1.54) is 5.56 Å². The highest BCUT2D eigenvalue weighted by molar-refractivity contribution is 5.77. The van der Waals surface area contributed by atoms with E-state index in [1.54, 1.807) is 7.11 Å². The molecule has 1 amide bonds. The second kappa shape index (κ2) is 5.64. The molecule has 2 rings (SSSR count). The molecule has 0 radical (unpaired) electrons. The largest absolute Gasteiger partial charge is 0.497 e. The fraction of sp³-hybridized carbons (Fsp3) is 0.562. The molecular weight excluding hydrogens is 238 g/mol. The SMILES string of the molecule is CCCC1(c2cccc(OC)c2)CN(C(=O)CC)C1. The average Bonchev–Trinajstić information content (AvgIpc) is 2.41. The van der Waals surface area contributed by atoms with Gasteiger partial charge in [-0.1, -0.05) is 32.4 Å². The van der Waals surface area contributed by atoms with Crippen LogP contribution in [0.25, 0.3) is 0 Å². The minimum atomic E-state index is 0.133. The molecule has 0 atom stereocenters. The third-order valence-electron chi connectivity index (χ3n) is 4.05. The number of carbonyl (C=O) groups is 1. The van der Waals surface area contributed by atoms with Crippen LogP contribution in [0.3, 0.4) is 0 Å². The lowest BCUT2D eigenvalue weighted by Gasteiger charge is -2.51. The van der Waals surface area contributed by atoms with E-state index in [-0.39, 0.29) is 11.3 Å². The molecule has 0 saturated carbocycles. The van der Waals surface area contributed by atoms with Crippen LogP contribution in [0.5, 0.6) is 5.75 Å². The molecule has 1 fully saturated rings. The van der Waals surface area contributed by atoms with E-state index in [9.17, 15) is 4.79 Å². The minimum absolute atomic E-state index is 0.133. The molecule has 104 valence electrons. The van der Waals surface area contributed by atoms with Crippen molar-refractivity contribution in [2.24, 2.45) is 0 Å². The van der Waals surface area contributed by atoms with Gasteiger partial charge in [0.15, 0.2) is 0 Å². The highest BCUT2D eigenvalue weighted by atomic mass is 16.5. The number of amides is 1. The Bertz CT molecular complexity index is 450. The summed E-state index contributed by atoms with van der Waals surface area (Å²) in [7, 11) is 1.69. The fourth-order valence-electron chi connectivity index (χ4n) is 3.00. The molecule has 0 N–H and O–H groups in total. The molecule has 1 aromatic rings. The van der Waals surface area contributed by atoms with Crippen molar-refractivity contribution in [2.75, 3.05) is 20.2 Å². The summed E-state index contributed by atoms with van der Waals surface area (Å²) < 4.78 is 5.31. The molecule has 1 aromatic carbocycles. The molecule has 1 aliphatic rings. The third-order valence-corrected chi connectivity index (χ3v) is 4.05. The van der Waals surface area contributed by atoms with E-state index in [1.807, 2.05) is 24.0 Å². The lowest BCUT2D eigenvalue weighted by Crippen LogP contribution is -2.61. The van der Waals surface area contributed by atoms with E-state index < -0.39 is 0 Å². The van der Waals surface area contributed by atoms with Crippen LogP contribution in [-0.2, 0) is 10.2 Å². The molecule has 0 aliphatic carbocycles. The van der Waals surface area contributed by atoms with Gasteiger partial charge < -0.3 is 9.64 Å². The molecule has 1 heterocycles. The molecule has 1 saturated heterocycles. The summed E-state index contributed by atoms with van der Waals surface area (Å²) in [6.45, 7) is 5.82. The van der Waals surface area contributed by atoms with Gasteiger partial charge in [-0.2, -0.15) is 0 Å². The van der Waals surface area contributed by atoms with Crippen molar-refractivity contribution >= 4 is 5.91 Å². The maximum atomic E-state index is 11.7. The number of benzene rings is 1. The Kier molecular flexibility index (Phi) is 4.13. The number of carbonyl (C=O) groups excluding carboxylic acids is 1. The molecular formula is C16H23NO2. The first-order chi connectivity index (χ1) is 9.15. The summed E-state index contributed by atoms with van der Waals surface area (Å²) in [5, 5.41) is 0. The summed E-state index contributed by atoms with van der Waals surface area (Å²) >= 11 is 0. The Balaban J connectivity index is 2.19. The maximum absolute atomic E-state index is 11.7. The van der Waals surface area contributed by atoms with E-state index in [4.69, 9.17) is 4.74 Å². The van der Waals surface area contributed by atoms with Crippen molar-refractivity contribution in [1.82, 2.24) is 4.90 Å². The minimum Gasteiger partial charge on any atom is -0.497 e. The lowest BCUT2D eigenvalue weighted by atomic mass is 9.70. The molecule has 3 nitrogen and oxygen atoms in total. The Labute approximate surface area is 115 Å². The highest BCUT2D eigenvalue weighted by Gasteiger charge is 2.45. The molecule has 1 aliphatic heterocycles. The van der Waals surface area contributed by atoms with Crippen LogP contribution in [0, 0.1) is 0 Å². The summed E-state index contributed by atoms with van der Waals surface area (Å²) in [4.78, 5) is 13.7. The zero-order valence-corrected chi connectivity index (χ0v) is 12.1. The van der Waals surface area contributed by atoms with Crippen LogP contribution < -0.4 is 4.74 Å². The monoisotopic (exact) mass is 261 g/mol. The number of rotatable bonds is 5. The first-order valence-corrected chi connectivity index (χ1v) is 7.07. The van der Waals surface area contributed by atoms with Gasteiger partial charge in [-0.25, -0.2) is 0 Å². The van der Waals surface area contributed by atoms with E-state index in [2.05, 4.69) is 19.1 Å². The predicted octanol–water partition coefficient (Wildman–Crippen LogP) is 2.99. The highest BCUT2D eigenvalue weighted by Crippen LogP contribution is 2.40. The van der Waals surface area contributed by atoms with Crippen LogP contribution >= 0.6 is 0 Å². The number of hydrogen-bond donors (Lipinski definition) is 0. The van der Waals surface area contributed by atoms with E-state index in [0.29, 0.717) is 6.42 Å². The Morgan fingerprint density at radius 1 is 1.37 bits per heavy atom. The molecule has 0 unspecified atom stereocenters. The van der Waals surface area contributed by atoms with Gasteiger partial charge in [0.2, 0.25) is 5.91 Å². The Hall–Kier alpha value is -1.51. The molecule has 19 heavy (non-hydrogen) atoms. The van der Waals surface area contributed by atoms with Gasteiger partial charge in [0.25, 0.3) is 0 Å². The Morgan fingerprint density at radius 2 is 2.11 bits per heavy atom. The number of methoxy groups -OCH3 is 1. The van der Waals surface area contributed by atoms with Crippen LogP contribution in [0.4, 0.5) is 0 Å². The van der Waals surface area contributed by atoms with Gasteiger partial charge in [-0.05, 0) is 24.1 Å². The number of likely N-dealkylation sites (tertiary alicyclic amines) is 1. The Morgan fingerprint density at radius 3 is 2.68 bits per heavy atom. The van der Waals surface area contributed by atoms with E-state index in [0.717, 1.165) is 31.7 Å². The van der Waals surface area contributed by atoms with Crippen molar-refractivity contribution < 1.29 is 9.53 Å². The maximum Gasteiger partial charge on any atom is 0.222 e. The first-order valence-electron chi connectivity index (χ1n) is 7.07. The predicted molar refractivity (Wildman–Crippen MR) is 76.5 cm³/mol. The summed E-state index contributed by atoms with van der Waals surface area (Å²) in [6, 6.07) is 8.28. The second-order valence-corrected chi connectivity index (χ2v) is 5.37. The molecule has 0 aromatic heterocycles. The summed E-state index contributed by atoms with van der Waals surface area (Å²) in [5.74, 6) is 1.16. The van der Waals surface area contributed by atoms with Gasteiger partial charge in [-0.3, -0.25) is 4.79 Å². The standard InChI is InChI=1S/C16H23NO2/c1-4-9-16(11-17(12-16)15(18)5-2)13-7-6-8-14(10-13)19-3/h6-8,10H,4-5,9,11-12H2,1-3H3. The van der Waals surface area contributed by atoms with Gasteiger partial charge in [0.05, 0.1) is 7.11 Å². The third kappa shape index (κ3) is 2.60. The zero-order valence-electron chi connectivity index (χ0n) is 12.1. The smallest absolute Gasteiger partial charge is 0.222 e. The van der Waals surface area contributed by atoms with Crippen molar-refractivity contribution in [1.29, 1.82) is 0 Å². The number of nitrogens with zero attached hydrogens (tertiary/aromatic N) is 1. The number of ether oxygens (including phenoxy) is 1. The first kappa shape index (κ1) is 13.9. The van der Waals surface area contributed by atoms with Crippen LogP contribution in [-0.4, -0.2) is 31.0 Å². The fourth-order valence-corrected chi connectivity index (χ4v) is 3.00. The van der Waals surface area contributed by atoms with Gasteiger partial charge in [0, 0.05) is 24.9 Å². The van der Waals surface area contributed by atoms with Crippen molar-refractivity contribution in [3.63, 3.8) is 0 Å². The van der Waals surface area contributed by atoms with Crippen LogP contribution in [0.2, 0.25) is 0 Å². The molecule has 0 spiro atoms. The second-order valence-electron chi connectivity index (χ2n) is 5.37. The van der Waals surface area contributed by atoms with Gasteiger partial charge >= 0.3 is 0 Å². The van der Waals surface area contributed by atoms with Crippen molar-refractivity contribution in [3.8, 4) is 5.75 Å². The van der Waals surface area contributed by atoms with Gasteiger partial charge in [0.1, 0.15) is 5.75 Å². The normalized spacial score (nSPS) is 16.9. The summed E-state index contributed by atoms with van der Waals surface area (Å²) in [6.07, 6.45) is 2.85. The topological polar surface area (TPSA) is 29.5 Å². The van der Waals surface area contributed by atoms with Crippen molar-refractivity contribution in [3.05, 3.63) is 29.8 Å². The molecule has 0 bridgehead atoms. The quantitative estimate of drug-likeness (QED) is 0.815. The summed E-state index contributed by atoms with van der Waals surface area (Å²) in [5.41, 5.74) is 1.43. The lowest BCUT2D eigenvalue weighted by molar-refractivity contribution is -0.139. The van der Waals surface area contributed by atoms with Crippen molar-refractivity contribution in [2.45, 2.75) is 38.5 Å². The zero-order chi connectivity index (χ0) is 13.9. The molecule has 3 heteroatoms. The van der Waals surface area contributed by atoms with Gasteiger partial charge in [-0.15, -0.1) is 0 Å². The van der Waals surface area contributed by atoms with E-state index >= 15 is 0 Å². The van der Waals surface area contributed by atoms with Crippen LogP contribution in [0.1, 0.15) is 38.7 Å². The average molecular weight is 261 g/mol.